The van der Waals surface area contributed by atoms with E-state index in [1.54, 1.807) is 0 Å². The largest absolute Gasteiger partial charge is 0.394 e. The maximum absolute atomic E-state index is 13.2. The van der Waals surface area contributed by atoms with Gasteiger partial charge in [-0.15, -0.1) is 0 Å². The summed E-state index contributed by atoms with van der Waals surface area (Å²) in [5.41, 5.74) is 0. The second-order valence-electron chi connectivity index (χ2n) is 24.3. The summed E-state index contributed by atoms with van der Waals surface area (Å²) in [4.78, 5) is 13.2. The summed E-state index contributed by atoms with van der Waals surface area (Å²) < 4.78 is 11.2. The zero-order valence-electron chi connectivity index (χ0n) is 51.6. The first-order chi connectivity index (χ1) is 38.7. The zero-order valence-corrected chi connectivity index (χ0v) is 51.6. The fraction of sp³-hybridized carbons (Fsp3) is 0.926. The van der Waals surface area contributed by atoms with Gasteiger partial charge in [0.1, 0.15) is 36.6 Å². The molecule has 8 N–H and O–H groups in total. The van der Waals surface area contributed by atoms with E-state index >= 15 is 0 Å². The van der Waals surface area contributed by atoms with Crippen molar-refractivity contribution in [3.8, 4) is 0 Å². The minimum Gasteiger partial charge on any atom is -0.394 e. The van der Waals surface area contributed by atoms with Crippen LogP contribution in [0.4, 0.5) is 0 Å². The van der Waals surface area contributed by atoms with E-state index in [-0.39, 0.29) is 6.42 Å². The van der Waals surface area contributed by atoms with E-state index in [2.05, 4.69) is 43.5 Å². The van der Waals surface area contributed by atoms with Crippen LogP contribution in [-0.4, -0.2) is 110 Å². The molecule has 79 heavy (non-hydrogen) atoms. The highest BCUT2D eigenvalue weighted by atomic mass is 16.7. The molecule has 1 heterocycles. The first-order valence-corrected chi connectivity index (χ1v) is 34.2. The Balaban J connectivity index is 2.14. The zero-order chi connectivity index (χ0) is 57.5. The number of carbonyl (C=O) groups is 1. The van der Waals surface area contributed by atoms with Gasteiger partial charge in [-0.3, -0.25) is 4.79 Å². The third-order valence-electron chi connectivity index (χ3n) is 16.8. The molecule has 0 aromatic carbocycles. The van der Waals surface area contributed by atoms with Gasteiger partial charge in [0, 0.05) is 0 Å². The van der Waals surface area contributed by atoms with Crippen molar-refractivity contribution in [3.05, 3.63) is 24.3 Å². The summed E-state index contributed by atoms with van der Waals surface area (Å²) in [6, 6.07) is -1.17. The minimum atomic E-state index is -1.66. The molecule has 0 radical (unpaired) electrons. The van der Waals surface area contributed by atoms with Crippen molar-refractivity contribution in [1.29, 1.82) is 0 Å². The van der Waals surface area contributed by atoms with Crippen LogP contribution in [0.5, 0.6) is 0 Å². The van der Waals surface area contributed by atoms with E-state index in [1.165, 1.54) is 250 Å². The summed E-state index contributed by atoms with van der Waals surface area (Å²) >= 11 is 0. The van der Waals surface area contributed by atoms with Gasteiger partial charge in [-0.1, -0.05) is 314 Å². The highest BCUT2D eigenvalue weighted by Gasteiger charge is 2.44. The van der Waals surface area contributed by atoms with E-state index in [0.717, 1.165) is 44.9 Å². The van der Waals surface area contributed by atoms with Gasteiger partial charge in [-0.2, -0.15) is 0 Å². The first kappa shape index (κ1) is 75.6. The van der Waals surface area contributed by atoms with Gasteiger partial charge in [-0.05, 0) is 44.9 Å². The number of aliphatic hydroxyl groups excluding tert-OH is 7. The second kappa shape index (κ2) is 57.0. The molecule has 1 saturated heterocycles. The highest BCUT2D eigenvalue weighted by molar-refractivity contribution is 5.80. The highest BCUT2D eigenvalue weighted by Crippen LogP contribution is 2.24. The van der Waals surface area contributed by atoms with E-state index in [4.69, 9.17) is 9.47 Å². The van der Waals surface area contributed by atoms with Crippen molar-refractivity contribution < 1.29 is 50.0 Å². The lowest BCUT2D eigenvalue weighted by Gasteiger charge is -2.40. The second-order valence-corrected chi connectivity index (χ2v) is 24.3. The average molecular weight is 1120 g/mol. The standard InChI is InChI=1S/C68H131NO10/c1-3-5-7-9-11-13-15-17-19-21-22-23-24-25-26-27-28-29-30-31-32-33-34-35-36-37-38-39-40-42-44-46-48-50-52-54-56-61(72)67(77)69-59(58-78-68-66(76)65(75)64(74)62(57-70)79-68)63(73)60(71)55-53-51-49-47-45-43-41-20-18-16-14-12-10-8-6-4-2/h26-27,29-30,59-66,68,70-76H,3-25,28,31-58H2,1-2H3,(H,69,77)/b27-26-,30-29-. The van der Waals surface area contributed by atoms with Crippen LogP contribution < -0.4 is 5.32 Å². The lowest BCUT2D eigenvalue weighted by molar-refractivity contribution is -0.303. The van der Waals surface area contributed by atoms with Gasteiger partial charge in [0.05, 0.1) is 25.4 Å². The first-order valence-electron chi connectivity index (χ1n) is 34.2. The number of allylic oxidation sites excluding steroid dienone is 4. The van der Waals surface area contributed by atoms with Crippen molar-refractivity contribution in [2.24, 2.45) is 0 Å². The van der Waals surface area contributed by atoms with E-state index < -0.39 is 74.2 Å². The lowest BCUT2D eigenvalue weighted by Crippen LogP contribution is -2.60. The molecule has 9 atom stereocenters. The summed E-state index contributed by atoms with van der Waals surface area (Å²) in [6.45, 7) is 3.50. The van der Waals surface area contributed by atoms with E-state index in [9.17, 15) is 40.5 Å². The molecule has 1 fully saturated rings. The number of nitrogens with one attached hydrogen (secondary N) is 1. The Morgan fingerprint density at radius 1 is 0.443 bits per heavy atom. The van der Waals surface area contributed by atoms with Crippen LogP contribution in [0.25, 0.3) is 0 Å². The quantitative estimate of drug-likeness (QED) is 0.0215. The molecular formula is C68H131NO10. The molecule has 0 saturated carbocycles. The van der Waals surface area contributed by atoms with Crippen LogP contribution in [0, 0.1) is 0 Å². The maximum atomic E-state index is 13.2. The Hall–Kier alpha value is -1.41. The third kappa shape index (κ3) is 44.7. The summed E-state index contributed by atoms with van der Waals surface area (Å²) in [7, 11) is 0. The van der Waals surface area contributed by atoms with Gasteiger partial charge in [-0.25, -0.2) is 0 Å². The van der Waals surface area contributed by atoms with Crippen LogP contribution in [0.15, 0.2) is 24.3 Å². The Morgan fingerprint density at radius 2 is 0.772 bits per heavy atom. The van der Waals surface area contributed by atoms with Gasteiger partial charge < -0.3 is 50.5 Å². The number of amides is 1. The molecule has 9 unspecified atom stereocenters. The molecule has 468 valence electrons. The Kier molecular flexibility index (Phi) is 54.6. The van der Waals surface area contributed by atoms with Gasteiger partial charge in [0.2, 0.25) is 5.91 Å². The molecule has 0 spiro atoms. The number of hydrogen-bond donors (Lipinski definition) is 8. The molecule has 0 bridgehead atoms. The average Bonchev–Trinajstić information content (AvgIpc) is 3.48. The SMILES string of the molecule is CCCCCCCCCCCCCCC/C=C\C/C=C\CCCCCCCCCCCCCCCCCCC(O)C(=O)NC(COC1OC(CO)C(O)C(O)C1O)C(O)C(O)CCCCCCCCCCCCCCCCCC. The molecule has 1 aliphatic heterocycles. The summed E-state index contributed by atoms with van der Waals surface area (Å²) in [6.07, 6.45) is 59.8. The van der Waals surface area contributed by atoms with Crippen molar-refractivity contribution >= 4 is 5.91 Å². The third-order valence-corrected chi connectivity index (χ3v) is 16.8. The minimum absolute atomic E-state index is 0.263. The van der Waals surface area contributed by atoms with Gasteiger partial charge in [0.25, 0.3) is 0 Å². The fourth-order valence-corrected chi connectivity index (χ4v) is 11.2. The predicted molar refractivity (Wildman–Crippen MR) is 330 cm³/mol. The van der Waals surface area contributed by atoms with Crippen LogP contribution in [0.3, 0.4) is 0 Å². The van der Waals surface area contributed by atoms with Gasteiger partial charge >= 0.3 is 0 Å². The Labute approximate surface area is 486 Å². The van der Waals surface area contributed by atoms with Crippen molar-refractivity contribution in [1.82, 2.24) is 5.32 Å². The maximum Gasteiger partial charge on any atom is 0.249 e. The summed E-state index contributed by atoms with van der Waals surface area (Å²) in [5.74, 6) is -0.691. The summed E-state index contributed by atoms with van der Waals surface area (Å²) in [5, 5.41) is 76.3. The van der Waals surface area contributed by atoms with Crippen LogP contribution >= 0.6 is 0 Å². The molecule has 1 aliphatic rings. The number of aliphatic hydroxyl groups is 7. The number of carbonyl (C=O) groups excluding carboxylic acids is 1. The Bertz CT molecular complexity index is 1330. The molecule has 0 aromatic heterocycles. The number of ether oxygens (including phenoxy) is 2. The van der Waals surface area contributed by atoms with Crippen molar-refractivity contribution in [2.75, 3.05) is 13.2 Å². The van der Waals surface area contributed by atoms with Crippen LogP contribution in [-0.2, 0) is 14.3 Å². The smallest absolute Gasteiger partial charge is 0.249 e. The lowest BCUT2D eigenvalue weighted by atomic mass is 9.98. The van der Waals surface area contributed by atoms with Crippen molar-refractivity contribution in [3.63, 3.8) is 0 Å². The number of unbranched alkanes of at least 4 members (excludes halogenated alkanes) is 44. The molecule has 11 nitrogen and oxygen atoms in total. The molecule has 0 aromatic rings. The van der Waals surface area contributed by atoms with Crippen molar-refractivity contribution in [2.45, 2.75) is 390 Å². The monoisotopic (exact) mass is 1120 g/mol. The van der Waals surface area contributed by atoms with Crippen LogP contribution in [0.2, 0.25) is 0 Å². The predicted octanol–water partition coefficient (Wildman–Crippen LogP) is 16.0. The van der Waals surface area contributed by atoms with Crippen LogP contribution in [0.1, 0.15) is 335 Å². The molecule has 1 rings (SSSR count). The number of rotatable bonds is 60. The molecule has 1 amide bonds. The topological polar surface area (TPSA) is 189 Å². The van der Waals surface area contributed by atoms with E-state index in [1.807, 2.05) is 0 Å². The van der Waals surface area contributed by atoms with Gasteiger partial charge in [0.15, 0.2) is 6.29 Å². The fourth-order valence-electron chi connectivity index (χ4n) is 11.2. The Morgan fingerprint density at radius 3 is 1.13 bits per heavy atom. The molecular weight excluding hydrogens is 991 g/mol. The van der Waals surface area contributed by atoms with E-state index in [0.29, 0.717) is 19.3 Å². The molecule has 11 heteroatoms. The number of hydrogen-bond acceptors (Lipinski definition) is 10. The normalized spacial score (nSPS) is 19.4. The molecule has 0 aliphatic carbocycles.